The van der Waals surface area contributed by atoms with Crippen LogP contribution in [0.2, 0.25) is 0 Å². The second kappa shape index (κ2) is 8.75. The summed E-state index contributed by atoms with van der Waals surface area (Å²) in [6.07, 6.45) is 1.55. The first-order chi connectivity index (χ1) is 14.2. The highest BCUT2D eigenvalue weighted by atomic mass is 79.9. The molecular formula is C23H17BrN2O3. The van der Waals surface area contributed by atoms with Gasteiger partial charge in [-0.3, -0.25) is 4.79 Å². The van der Waals surface area contributed by atoms with Crippen LogP contribution in [0.3, 0.4) is 0 Å². The number of carbonyl (C=O) groups excluding carboxylic acids is 1. The lowest BCUT2D eigenvalue weighted by Gasteiger charge is -2.08. The number of amides is 1. The molecule has 1 heterocycles. The van der Waals surface area contributed by atoms with E-state index in [0.29, 0.717) is 17.9 Å². The maximum absolute atomic E-state index is 12.3. The zero-order valence-corrected chi connectivity index (χ0v) is 16.9. The number of hydrogen-bond acceptors (Lipinski definition) is 4. The molecule has 1 N–H and O–H groups in total. The van der Waals surface area contributed by atoms with Crippen molar-refractivity contribution in [2.24, 2.45) is 5.10 Å². The summed E-state index contributed by atoms with van der Waals surface area (Å²) in [5.74, 6) is 0.461. The van der Waals surface area contributed by atoms with Gasteiger partial charge in [0.25, 0.3) is 0 Å². The Labute approximate surface area is 176 Å². The van der Waals surface area contributed by atoms with Crippen LogP contribution in [-0.2, 0) is 6.61 Å². The number of rotatable bonds is 6. The number of nitrogens with one attached hydrogen (secondary N) is 1. The highest BCUT2D eigenvalue weighted by Gasteiger charge is 2.11. The van der Waals surface area contributed by atoms with Crippen LogP contribution in [0.5, 0.6) is 5.75 Å². The van der Waals surface area contributed by atoms with E-state index >= 15 is 0 Å². The van der Waals surface area contributed by atoms with Crippen molar-refractivity contribution in [3.8, 4) is 5.75 Å². The van der Waals surface area contributed by atoms with E-state index in [1.165, 1.54) is 0 Å². The lowest BCUT2D eigenvalue weighted by atomic mass is 10.2. The van der Waals surface area contributed by atoms with Crippen LogP contribution in [0.1, 0.15) is 21.7 Å². The first kappa shape index (κ1) is 19.0. The monoisotopic (exact) mass is 448 g/mol. The summed E-state index contributed by atoms with van der Waals surface area (Å²) in [4.78, 5) is 12.3. The van der Waals surface area contributed by atoms with Crippen LogP contribution in [0, 0.1) is 0 Å². The first-order valence-electron chi connectivity index (χ1n) is 8.97. The number of fused-ring (bicyclic) bond motifs is 1. The number of carbonyl (C=O) groups is 1. The summed E-state index contributed by atoms with van der Waals surface area (Å²) < 4.78 is 12.4. The van der Waals surface area contributed by atoms with Gasteiger partial charge in [-0.05, 0) is 42.0 Å². The SMILES string of the molecule is O=C(N/N=C/c1ccccc1OCc1ccccc1)c1cc2cc(Br)ccc2o1. The van der Waals surface area contributed by atoms with Crippen LogP contribution in [0.15, 0.2) is 92.9 Å². The minimum absolute atomic E-state index is 0.198. The van der Waals surface area contributed by atoms with Crippen molar-refractivity contribution in [2.45, 2.75) is 6.61 Å². The molecule has 0 bridgehead atoms. The molecule has 0 aliphatic carbocycles. The predicted molar refractivity (Wildman–Crippen MR) is 116 cm³/mol. The molecule has 1 amide bonds. The maximum atomic E-state index is 12.3. The Balaban J connectivity index is 1.42. The Morgan fingerprint density at radius 1 is 1.03 bits per heavy atom. The van der Waals surface area contributed by atoms with Gasteiger partial charge in [-0.1, -0.05) is 58.4 Å². The largest absolute Gasteiger partial charge is 0.488 e. The molecule has 144 valence electrons. The molecule has 0 saturated heterocycles. The Hall–Kier alpha value is -3.38. The van der Waals surface area contributed by atoms with E-state index in [-0.39, 0.29) is 5.76 Å². The fourth-order valence-electron chi connectivity index (χ4n) is 2.80. The molecule has 0 spiro atoms. The molecule has 0 atom stereocenters. The van der Waals surface area contributed by atoms with E-state index < -0.39 is 5.91 Å². The van der Waals surface area contributed by atoms with E-state index in [2.05, 4.69) is 26.5 Å². The van der Waals surface area contributed by atoms with Crippen LogP contribution in [0.4, 0.5) is 0 Å². The average Bonchev–Trinajstić information content (AvgIpc) is 3.17. The van der Waals surface area contributed by atoms with Crippen molar-refractivity contribution in [3.05, 3.63) is 100 Å². The third-order valence-electron chi connectivity index (χ3n) is 4.23. The van der Waals surface area contributed by atoms with E-state index in [1.807, 2.05) is 66.7 Å². The molecule has 0 radical (unpaired) electrons. The molecular weight excluding hydrogens is 432 g/mol. The molecule has 0 aliphatic rings. The number of benzene rings is 3. The number of nitrogens with zero attached hydrogens (tertiary/aromatic N) is 1. The van der Waals surface area contributed by atoms with Crippen molar-refractivity contribution in [1.82, 2.24) is 5.43 Å². The van der Waals surface area contributed by atoms with Crippen LogP contribution < -0.4 is 10.2 Å². The standard InChI is InChI=1S/C23H17BrN2O3/c24-19-10-11-21-18(12-19)13-22(29-21)23(27)26-25-14-17-8-4-5-9-20(17)28-15-16-6-2-1-3-7-16/h1-14H,15H2,(H,26,27)/b25-14+. The fourth-order valence-corrected chi connectivity index (χ4v) is 3.17. The van der Waals surface area contributed by atoms with Gasteiger partial charge in [0.05, 0.1) is 6.21 Å². The normalized spacial score (nSPS) is 11.1. The van der Waals surface area contributed by atoms with Gasteiger partial charge in [0.2, 0.25) is 0 Å². The van der Waals surface area contributed by atoms with Gasteiger partial charge in [-0.2, -0.15) is 5.10 Å². The van der Waals surface area contributed by atoms with Crippen molar-refractivity contribution in [3.63, 3.8) is 0 Å². The summed E-state index contributed by atoms with van der Waals surface area (Å²) in [7, 11) is 0. The minimum Gasteiger partial charge on any atom is -0.488 e. The molecule has 29 heavy (non-hydrogen) atoms. The summed E-state index contributed by atoms with van der Waals surface area (Å²) in [5, 5.41) is 4.89. The third-order valence-corrected chi connectivity index (χ3v) is 4.72. The summed E-state index contributed by atoms with van der Waals surface area (Å²) in [6, 6.07) is 24.7. The van der Waals surface area contributed by atoms with Gasteiger partial charge in [-0.15, -0.1) is 0 Å². The van der Waals surface area contributed by atoms with E-state index in [1.54, 1.807) is 18.3 Å². The number of furan rings is 1. The first-order valence-corrected chi connectivity index (χ1v) is 9.76. The number of halogens is 1. The molecule has 4 rings (SSSR count). The van der Waals surface area contributed by atoms with Gasteiger partial charge >= 0.3 is 5.91 Å². The molecule has 0 unspecified atom stereocenters. The molecule has 3 aromatic carbocycles. The van der Waals surface area contributed by atoms with Gasteiger partial charge in [-0.25, -0.2) is 5.43 Å². The molecule has 1 aromatic heterocycles. The van der Waals surface area contributed by atoms with E-state index in [4.69, 9.17) is 9.15 Å². The van der Waals surface area contributed by atoms with E-state index in [9.17, 15) is 4.79 Å². The lowest BCUT2D eigenvalue weighted by molar-refractivity contribution is 0.0929. The number of ether oxygens (including phenoxy) is 1. The number of hydrogen-bond donors (Lipinski definition) is 1. The summed E-state index contributed by atoms with van der Waals surface area (Å²) >= 11 is 3.40. The molecule has 0 fully saturated rings. The van der Waals surface area contributed by atoms with Gasteiger partial charge in [0.1, 0.15) is 17.9 Å². The topological polar surface area (TPSA) is 63.8 Å². The van der Waals surface area contributed by atoms with Crippen molar-refractivity contribution < 1.29 is 13.9 Å². The molecule has 6 heteroatoms. The molecule has 0 aliphatic heterocycles. The zero-order chi connectivity index (χ0) is 20.1. The van der Waals surface area contributed by atoms with Crippen molar-refractivity contribution in [2.75, 3.05) is 0 Å². The van der Waals surface area contributed by atoms with Gasteiger partial charge in [0, 0.05) is 15.4 Å². The van der Waals surface area contributed by atoms with E-state index in [0.717, 1.165) is 21.0 Å². The smallest absolute Gasteiger partial charge is 0.307 e. The van der Waals surface area contributed by atoms with Gasteiger partial charge < -0.3 is 9.15 Å². The summed E-state index contributed by atoms with van der Waals surface area (Å²) in [5.41, 5.74) is 4.97. The van der Waals surface area contributed by atoms with Gasteiger partial charge in [0.15, 0.2) is 5.76 Å². The highest BCUT2D eigenvalue weighted by Crippen LogP contribution is 2.23. The van der Waals surface area contributed by atoms with Crippen LogP contribution >= 0.6 is 15.9 Å². The lowest BCUT2D eigenvalue weighted by Crippen LogP contribution is -2.16. The Morgan fingerprint density at radius 2 is 1.83 bits per heavy atom. The highest BCUT2D eigenvalue weighted by molar-refractivity contribution is 9.10. The maximum Gasteiger partial charge on any atom is 0.307 e. The fraction of sp³-hybridized carbons (Fsp3) is 0.0435. The summed E-state index contributed by atoms with van der Waals surface area (Å²) in [6.45, 7) is 0.451. The second-order valence-corrected chi connectivity index (χ2v) is 7.22. The quantitative estimate of drug-likeness (QED) is 0.311. The Kier molecular flexibility index (Phi) is 5.72. The predicted octanol–water partition coefficient (Wildman–Crippen LogP) is 5.54. The average molecular weight is 449 g/mol. The Morgan fingerprint density at radius 3 is 2.69 bits per heavy atom. The number of hydrazone groups is 1. The molecule has 0 saturated carbocycles. The Bertz CT molecular complexity index is 1170. The van der Waals surface area contributed by atoms with Crippen LogP contribution in [0.25, 0.3) is 11.0 Å². The van der Waals surface area contributed by atoms with Crippen molar-refractivity contribution in [1.29, 1.82) is 0 Å². The molecule has 4 aromatic rings. The number of para-hydroxylation sites is 1. The minimum atomic E-state index is -0.420. The third kappa shape index (κ3) is 4.73. The molecule has 5 nitrogen and oxygen atoms in total. The van der Waals surface area contributed by atoms with Crippen LogP contribution in [-0.4, -0.2) is 12.1 Å². The zero-order valence-electron chi connectivity index (χ0n) is 15.3. The van der Waals surface area contributed by atoms with Crippen molar-refractivity contribution >= 4 is 39.0 Å². The second-order valence-electron chi connectivity index (χ2n) is 6.30.